The van der Waals surface area contributed by atoms with Gasteiger partial charge in [0.15, 0.2) is 0 Å². The molecular weight excluding hydrogens is 276 g/mol. The number of nitrogens with zero attached hydrogens (tertiary/aromatic N) is 2. The maximum atomic E-state index is 12.1. The second-order valence-corrected chi connectivity index (χ2v) is 5.93. The maximum absolute atomic E-state index is 12.1. The highest BCUT2D eigenvalue weighted by atomic mass is 32.2. The number of amides is 2. The summed E-state index contributed by atoms with van der Waals surface area (Å²) in [5.41, 5.74) is 5.91. The first-order chi connectivity index (χ1) is 9.58. The lowest BCUT2D eigenvalue weighted by atomic mass is 10.2. The summed E-state index contributed by atoms with van der Waals surface area (Å²) in [4.78, 5) is 27.5. The van der Waals surface area contributed by atoms with Crippen LogP contribution in [0, 0.1) is 0 Å². The smallest absolute Gasteiger partial charge is 0.239 e. The summed E-state index contributed by atoms with van der Waals surface area (Å²) in [7, 11) is 0. The number of carbonyl (C=O) groups excluding carboxylic acids is 2. The Kier molecular flexibility index (Phi) is 7.94. The van der Waals surface area contributed by atoms with E-state index < -0.39 is 6.04 Å². The van der Waals surface area contributed by atoms with Crippen molar-refractivity contribution < 1.29 is 9.59 Å². The average molecular weight is 302 g/mol. The Morgan fingerprint density at radius 2 is 1.95 bits per heavy atom. The van der Waals surface area contributed by atoms with Crippen LogP contribution < -0.4 is 11.1 Å². The SMILES string of the molecule is CCNC(=O)CN1CCN(C(=O)[C@@H](N)CCSC)CC1. The number of hydrogen-bond acceptors (Lipinski definition) is 5. The van der Waals surface area contributed by atoms with Gasteiger partial charge in [-0.1, -0.05) is 0 Å². The predicted octanol–water partition coefficient (Wildman–Crippen LogP) is -0.653. The molecule has 0 spiro atoms. The van der Waals surface area contributed by atoms with E-state index in [1.165, 1.54) is 0 Å². The Labute approximate surface area is 125 Å². The van der Waals surface area contributed by atoms with Gasteiger partial charge in [0, 0.05) is 32.7 Å². The summed E-state index contributed by atoms with van der Waals surface area (Å²) in [5.74, 6) is 0.991. The standard InChI is InChI=1S/C13H26N4O2S/c1-3-15-12(18)10-16-5-7-17(8-6-16)13(19)11(14)4-9-20-2/h11H,3-10,14H2,1-2H3,(H,15,18)/t11-/m0/s1. The fourth-order valence-corrected chi connectivity index (χ4v) is 2.67. The van der Waals surface area contributed by atoms with Crippen LogP contribution in [0.1, 0.15) is 13.3 Å². The molecule has 1 aliphatic heterocycles. The molecule has 0 aromatic heterocycles. The largest absolute Gasteiger partial charge is 0.355 e. The van der Waals surface area contributed by atoms with Gasteiger partial charge in [0.05, 0.1) is 12.6 Å². The minimum Gasteiger partial charge on any atom is -0.355 e. The Balaban J connectivity index is 2.30. The fourth-order valence-electron chi connectivity index (χ4n) is 2.19. The van der Waals surface area contributed by atoms with E-state index in [-0.39, 0.29) is 11.8 Å². The molecule has 1 rings (SSSR count). The number of likely N-dealkylation sites (N-methyl/N-ethyl adjacent to an activating group) is 1. The molecule has 0 aliphatic carbocycles. The van der Waals surface area contributed by atoms with Gasteiger partial charge in [-0.05, 0) is 25.4 Å². The van der Waals surface area contributed by atoms with E-state index in [2.05, 4.69) is 10.2 Å². The van der Waals surface area contributed by atoms with Gasteiger partial charge in [0.2, 0.25) is 11.8 Å². The lowest BCUT2D eigenvalue weighted by molar-refractivity contribution is -0.134. The summed E-state index contributed by atoms with van der Waals surface area (Å²) in [6, 6.07) is -0.391. The van der Waals surface area contributed by atoms with Gasteiger partial charge >= 0.3 is 0 Å². The molecule has 0 bridgehead atoms. The molecule has 116 valence electrons. The zero-order valence-electron chi connectivity index (χ0n) is 12.4. The van der Waals surface area contributed by atoms with Crippen molar-refractivity contribution >= 4 is 23.6 Å². The Hall–Kier alpha value is -0.790. The van der Waals surface area contributed by atoms with Crippen molar-refractivity contribution in [2.24, 2.45) is 5.73 Å². The van der Waals surface area contributed by atoms with Crippen LogP contribution in [-0.2, 0) is 9.59 Å². The normalized spacial score (nSPS) is 17.9. The van der Waals surface area contributed by atoms with E-state index >= 15 is 0 Å². The van der Waals surface area contributed by atoms with Crippen LogP contribution >= 0.6 is 11.8 Å². The number of rotatable bonds is 7. The number of carbonyl (C=O) groups is 2. The van der Waals surface area contributed by atoms with Crippen LogP contribution in [0.2, 0.25) is 0 Å². The molecule has 0 unspecified atom stereocenters. The molecule has 0 aromatic carbocycles. The van der Waals surface area contributed by atoms with Gasteiger partial charge in [-0.3, -0.25) is 14.5 Å². The zero-order valence-corrected chi connectivity index (χ0v) is 13.2. The van der Waals surface area contributed by atoms with E-state index in [4.69, 9.17) is 5.73 Å². The molecular formula is C13H26N4O2S. The first-order valence-electron chi connectivity index (χ1n) is 7.10. The van der Waals surface area contributed by atoms with Gasteiger partial charge in [0.1, 0.15) is 0 Å². The number of hydrogen-bond donors (Lipinski definition) is 2. The first kappa shape index (κ1) is 17.3. The summed E-state index contributed by atoms with van der Waals surface area (Å²) < 4.78 is 0. The minimum atomic E-state index is -0.391. The molecule has 7 heteroatoms. The third-order valence-electron chi connectivity index (χ3n) is 3.38. The molecule has 0 radical (unpaired) electrons. The van der Waals surface area contributed by atoms with Crippen molar-refractivity contribution in [2.45, 2.75) is 19.4 Å². The summed E-state index contributed by atoms with van der Waals surface area (Å²) in [6.45, 7) is 5.76. The van der Waals surface area contributed by atoms with Crippen LogP contribution in [0.4, 0.5) is 0 Å². The first-order valence-corrected chi connectivity index (χ1v) is 8.50. The second kappa shape index (κ2) is 9.20. The second-order valence-electron chi connectivity index (χ2n) is 4.94. The average Bonchev–Trinajstić information content (AvgIpc) is 2.45. The van der Waals surface area contributed by atoms with Crippen molar-refractivity contribution in [2.75, 3.05) is 51.3 Å². The molecule has 1 atom stereocenters. The number of nitrogens with two attached hydrogens (primary N) is 1. The van der Waals surface area contributed by atoms with E-state index in [0.29, 0.717) is 26.2 Å². The van der Waals surface area contributed by atoms with Crippen molar-refractivity contribution in [1.29, 1.82) is 0 Å². The van der Waals surface area contributed by atoms with Crippen LogP contribution in [0.5, 0.6) is 0 Å². The van der Waals surface area contributed by atoms with Gasteiger partial charge in [-0.2, -0.15) is 11.8 Å². The van der Waals surface area contributed by atoms with Crippen molar-refractivity contribution in [1.82, 2.24) is 15.1 Å². The number of piperazine rings is 1. The van der Waals surface area contributed by atoms with Crippen molar-refractivity contribution in [3.05, 3.63) is 0 Å². The zero-order chi connectivity index (χ0) is 15.0. The van der Waals surface area contributed by atoms with E-state index in [9.17, 15) is 9.59 Å². The monoisotopic (exact) mass is 302 g/mol. The topological polar surface area (TPSA) is 78.7 Å². The summed E-state index contributed by atoms with van der Waals surface area (Å²) in [5, 5.41) is 2.78. The molecule has 1 saturated heterocycles. The van der Waals surface area contributed by atoms with E-state index in [1.807, 2.05) is 18.1 Å². The highest BCUT2D eigenvalue weighted by Crippen LogP contribution is 2.06. The summed E-state index contributed by atoms with van der Waals surface area (Å²) >= 11 is 1.70. The van der Waals surface area contributed by atoms with Crippen LogP contribution in [-0.4, -0.2) is 78.9 Å². The van der Waals surface area contributed by atoms with Crippen molar-refractivity contribution in [3.63, 3.8) is 0 Å². The lowest BCUT2D eigenvalue weighted by Gasteiger charge is -2.35. The lowest BCUT2D eigenvalue weighted by Crippen LogP contribution is -2.54. The van der Waals surface area contributed by atoms with Crippen LogP contribution in [0.15, 0.2) is 0 Å². The predicted molar refractivity (Wildman–Crippen MR) is 82.7 cm³/mol. The quantitative estimate of drug-likeness (QED) is 0.653. The van der Waals surface area contributed by atoms with Gasteiger partial charge in [0.25, 0.3) is 0 Å². The highest BCUT2D eigenvalue weighted by molar-refractivity contribution is 7.98. The van der Waals surface area contributed by atoms with E-state index in [0.717, 1.165) is 25.3 Å². The molecule has 1 fully saturated rings. The highest BCUT2D eigenvalue weighted by Gasteiger charge is 2.25. The van der Waals surface area contributed by atoms with Crippen LogP contribution in [0.25, 0.3) is 0 Å². The third kappa shape index (κ3) is 5.68. The summed E-state index contributed by atoms with van der Waals surface area (Å²) in [6.07, 6.45) is 2.73. The Morgan fingerprint density at radius 1 is 1.30 bits per heavy atom. The maximum Gasteiger partial charge on any atom is 0.239 e. The molecule has 6 nitrogen and oxygen atoms in total. The molecule has 0 aromatic rings. The fraction of sp³-hybridized carbons (Fsp3) is 0.846. The van der Waals surface area contributed by atoms with Crippen molar-refractivity contribution in [3.8, 4) is 0 Å². The van der Waals surface area contributed by atoms with Gasteiger partial charge in [-0.25, -0.2) is 0 Å². The molecule has 0 saturated carbocycles. The Bertz CT molecular complexity index is 319. The molecule has 3 N–H and O–H groups in total. The minimum absolute atomic E-state index is 0.0386. The van der Waals surface area contributed by atoms with Gasteiger partial charge < -0.3 is 16.0 Å². The third-order valence-corrected chi connectivity index (χ3v) is 4.02. The molecule has 1 aliphatic rings. The molecule has 2 amide bonds. The molecule has 1 heterocycles. The van der Waals surface area contributed by atoms with Crippen LogP contribution in [0.3, 0.4) is 0 Å². The number of nitrogens with one attached hydrogen (secondary N) is 1. The molecule has 20 heavy (non-hydrogen) atoms. The van der Waals surface area contributed by atoms with E-state index in [1.54, 1.807) is 11.8 Å². The number of thioether (sulfide) groups is 1. The van der Waals surface area contributed by atoms with Gasteiger partial charge in [-0.15, -0.1) is 0 Å². The Morgan fingerprint density at radius 3 is 2.50 bits per heavy atom.